The van der Waals surface area contributed by atoms with Gasteiger partial charge >= 0.3 is 0 Å². The van der Waals surface area contributed by atoms with E-state index in [1.807, 2.05) is 6.92 Å². The molecule has 0 aliphatic carbocycles. The maximum Gasteiger partial charge on any atom is 0.232 e. The summed E-state index contributed by atoms with van der Waals surface area (Å²) in [5.41, 5.74) is 0. The van der Waals surface area contributed by atoms with Crippen molar-refractivity contribution in [3.8, 4) is 17.8 Å². The Morgan fingerprint density at radius 2 is 1.76 bits per heavy atom. The number of nitrogens with zero attached hydrogens (tertiary/aromatic N) is 5. The van der Waals surface area contributed by atoms with Gasteiger partial charge in [0.05, 0.1) is 32.4 Å². The summed E-state index contributed by atoms with van der Waals surface area (Å²) in [6.07, 6.45) is 0.847. The van der Waals surface area contributed by atoms with Crippen molar-refractivity contribution in [3.05, 3.63) is 6.07 Å². The molecule has 21 heavy (non-hydrogen) atoms. The lowest BCUT2D eigenvalue weighted by Crippen LogP contribution is -2.50. The maximum absolute atomic E-state index is 9.13. The van der Waals surface area contributed by atoms with E-state index in [0.717, 1.165) is 32.6 Å². The minimum atomic E-state index is -0.00656. The van der Waals surface area contributed by atoms with E-state index in [9.17, 15) is 0 Å². The molecule has 0 aromatic carbocycles. The monoisotopic (exact) mass is 291 g/mol. The van der Waals surface area contributed by atoms with Crippen molar-refractivity contribution in [2.45, 2.75) is 19.4 Å². The molecular formula is C14H21N5O2. The van der Waals surface area contributed by atoms with Crippen molar-refractivity contribution < 1.29 is 9.47 Å². The standard InChI is InChI=1S/C14H21N5O2/c1-4-11(10-15)18-5-7-19(8-6-18)14-16-12(20-2)9-13(17-14)21-3/h9,11H,4-8H2,1-3H3. The summed E-state index contributed by atoms with van der Waals surface area (Å²) < 4.78 is 10.3. The fraction of sp³-hybridized carbons (Fsp3) is 0.643. The van der Waals surface area contributed by atoms with Crippen LogP contribution < -0.4 is 14.4 Å². The van der Waals surface area contributed by atoms with Crippen molar-refractivity contribution in [1.29, 1.82) is 5.26 Å². The summed E-state index contributed by atoms with van der Waals surface area (Å²) in [6, 6.07) is 4.00. The zero-order valence-corrected chi connectivity index (χ0v) is 12.7. The Hall–Kier alpha value is -2.07. The fourth-order valence-electron chi connectivity index (χ4n) is 2.41. The highest BCUT2D eigenvalue weighted by Crippen LogP contribution is 2.21. The number of rotatable bonds is 5. The first kappa shape index (κ1) is 15.3. The molecule has 0 spiro atoms. The summed E-state index contributed by atoms with van der Waals surface area (Å²) in [5.74, 6) is 1.58. The van der Waals surface area contributed by atoms with Crippen molar-refractivity contribution in [2.24, 2.45) is 0 Å². The van der Waals surface area contributed by atoms with Crippen LogP contribution in [0.15, 0.2) is 6.07 Å². The Labute approximate surface area is 125 Å². The van der Waals surface area contributed by atoms with Crippen molar-refractivity contribution in [3.63, 3.8) is 0 Å². The molecule has 1 fully saturated rings. The molecule has 1 aromatic rings. The number of piperazine rings is 1. The highest BCUT2D eigenvalue weighted by atomic mass is 16.5. The molecule has 0 N–H and O–H groups in total. The van der Waals surface area contributed by atoms with Crippen LogP contribution in [0.25, 0.3) is 0 Å². The number of nitriles is 1. The van der Waals surface area contributed by atoms with Crippen LogP contribution in [-0.4, -0.2) is 61.3 Å². The zero-order chi connectivity index (χ0) is 15.2. The predicted molar refractivity (Wildman–Crippen MR) is 78.6 cm³/mol. The Balaban J connectivity index is 2.07. The lowest BCUT2D eigenvalue weighted by Gasteiger charge is -2.36. The van der Waals surface area contributed by atoms with Crippen LogP contribution in [0.5, 0.6) is 11.8 Å². The second kappa shape index (κ2) is 7.09. The van der Waals surface area contributed by atoms with Gasteiger partial charge in [0.2, 0.25) is 17.7 Å². The second-order valence-electron chi connectivity index (χ2n) is 4.83. The molecule has 2 heterocycles. The van der Waals surface area contributed by atoms with Gasteiger partial charge in [-0.25, -0.2) is 0 Å². The van der Waals surface area contributed by atoms with E-state index < -0.39 is 0 Å². The van der Waals surface area contributed by atoms with Gasteiger partial charge in [0.25, 0.3) is 0 Å². The van der Waals surface area contributed by atoms with Crippen LogP contribution in [0.1, 0.15) is 13.3 Å². The van der Waals surface area contributed by atoms with Gasteiger partial charge in [-0.2, -0.15) is 15.2 Å². The van der Waals surface area contributed by atoms with E-state index >= 15 is 0 Å². The van der Waals surface area contributed by atoms with Crippen LogP contribution in [0.3, 0.4) is 0 Å². The lowest BCUT2D eigenvalue weighted by atomic mass is 10.2. The van der Waals surface area contributed by atoms with E-state index in [2.05, 4.69) is 25.8 Å². The zero-order valence-electron chi connectivity index (χ0n) is 12.7. The van der Waals surface area contributed by atoms with Crippen LogP contribution in [0.2, 0.25) is 0 Å². The molecule has 1 saturated heterocycles. The summed E-state index contributed by atoms with van der Waals surface area (Å²) in [6.45, 7) is 5.27. The average molecular weight is 291 g/mol. The SMILES string of the molecule is CCC(C#N)N1CCN(c2nc(OC)cc(OC)n2)CC1. The molecule has 0 saturated carbocycles. The Morgan fingerprint density at radius 1 is 1.19 bits per heavy atom. The van der Waals surface area contributed by atoms with Gasteiger partial charge in [0.1, 0.15) is 0 Å². The van der Waals surface area contributed by atoms with Crippen LogP contribution in [0, 0.1) is 11.3 Å². The largest absolute Gasteiger partial charge is 0.481 e. The number of hydrogen-bond acceptors (Lipinski definition) is 7. The van der Waals surface area contributed by atoms with E-state index in [4.69, 9.17) is 14.7 Å². The van der Waals surface area contributed by atoms with Crippen molar-refractivity contribution in [2.75, 3.05) is 45.3 Å². The van der Waals surface area contributed by atoms with Gasteiger partial charge in [-0.1, -0.05) is 6.92 Å². The van der Waals surface area contributed by atoms with Crippen LogP contribution in [0.4, 0.5) is 5.95 Å². The molecule has 1 unspecified atom stereocenters. The van der Waals surface area contributed by atoms with Gasteiger partial charge in [0, 0.05) is 26.2 Å². The first-order chi connectivity index (χ1) is 10.2. The van der Waals surface area contributed by atoms with Gasteiger partial charge in [0.15, 0.2) is 0 Å². The Morgan fingerprint density at radius 3 is 2.19 bits per heavy atom. The summed E-state index contributed by atoms with van der Waals surface area (Å²) in [5, 5.41) is 9.13. The van der Waals surface area contributed by atoms with Crippen LogP contribution in [-0.2, 0) is 0 Å². The molecule has 2 rings (SSSR count). The second-order valence-corrected chi connectivity index (χ2v) is 4.83. The maximum atomic E-state index is 9.13. The molecule has 114 valence electrons. The highest BCUT2D eigenvalue weighted by Gasteiger charge is 2.24. The molecule has 1 aliphatic rings. The molecule has 0 amide bonds. The number of hydrogen-bond donors (Lipinski definition) is 0. The van der Waals surface area contributed by atoms with Gasteiger partial charge in [-0.15, -0.1) is 0 Å². The van der Waals surface area contributed by atoms with E-state index in [-0.39, 0.29) is 6.04 Å². The molecule has 1 aliphatic heterocycles. The third kappa shape index (κ3) is 3.52. The molecule has 1 aromatic heterocycles. The van der Waals surface area contributed by atoms with E-state index in [1.165, 1.54) is 0 Å². The van der Waals surface area contributed by atoms with Crippen LogP contribution >= 0.6 is 0 Å². The molecule has 7 nitrogen and oxygen atoms in total. The Bertz CT molecular complexity index is 486. The number of ether oxygens (including phenoxy) is 2. The summed E-state index contributed by atoms with van der Waals surface area (Å²) in [4.78, 5) is 13.0. The normalized spacial score (nSPS) is 17.1. The summed E-state index contributed by atoms with van der Waals surface area (Å²) >= 11 is 0. The third-order valence-corrected chi connectivity index (χ3v) is 3.66. The lowest BCUT2D eigenvalue weighted by molar-refractivity contribution is 0.215. The van der Waals surface area contributed by atoms with Crippen molar-refractivity contribution in [1.82, 2.24) is 14.9 Å². The molecule has 0 radical (unpaired) electrons. The Kier molecular flexibility index (Phi) is 5.17. The minimum Gasteiger partial charge on any atom is -0.481 e. The molecule has 1 atom stereocenters. The minimum absolute atomic E-state index is 0.00656. The average Bonchev–Trinajstić information content (AvgIpc) is 2.56. The smallest absolute Gasteiger partial charge is 0.232 e. The van der Waals surface area contributed by atoms with Gasteiger partial charge in [-0.3, -0.25) is 4.90 Å². The molecule has 0 bridgehead atoms. The van der Waals surface area contributed by atoms with Gasteiger partial charge in [-0.05, 0) is 6.42 Å². The number of anilines is 1. The molecule has 7 heteroatoms. The number of aromatic nitrogens is 2. The highest BCUT2D eigenvalue weighted by molar-refractivity contribution is 5.37. The first-order valence-corrected chi connectivity index (χ1v) is 7.07. The third-order valence-electron chi connectivity index (χ3n) is 3.66. The predicted octanol–water partition coefficient (Wildman–Crippen LogP) is 0.918. The summed E-state index contributed by atoms with van der Waals surface area (Å²) in [7, 11) is 3.14. The topological polar surface area (TPSA) is 74.5 Å². The van der Waals surface area contributed by atoms with E-state index in [1.54, 1.807) is 20.3 Å². The van der Waals surface area contributed by atoms with Crippen molar-refractivity contribution >= 4 is 5.95 Å². The molecular weight excluding hydrogens is 270 g/mol. The van der Waals surface area contributed by atoms with Gasteiger partial charge < -0.3 is 14.4 Å². The first-order valence-electron chi connectivity index (χ1n) is 7.07. The quantitative estimate of drug-likeness (QED) is 0.798. The fourth-order valence-corrected chi connectivity index (χ4v) is 2.41. The van der Waals surface area contributed by atoms with E-state index in [0.29, 0.717) is 17.7 Å². The number of methoxy groups -OCH3 is 2.